The van der Waals surface area contributed by atoms with Crippen molar-refractivity contribution in [3.8, 4) is 6.07 Å². The molecule has 2 aromatic carbocycles. The zero-order valence-corrected chi connectivity index (χ0v) is 16.8. The molecule has 1 saturated heterocycles. The number of hydrogen-bond acceptors (Lipinski definition) is 5. The highest BCUT2D eigenvalue weighted by Crippen LogP contribution is 2.27. The zero-order chi connectivity index (χ0) is 20.6. The van der Waals surface area contributed by atoms with E-state index in [4.69, 9.17) is 4.74 Å². The fourth-order valence-corrected chi connectivity index (χ4v) is 3.28. The van der Waals surface area contributed by atoms with Crippen LogP contribution in [-0.4, -0.2) is 32.2 Å². The first-order valence-corrected chi connectivity index (χ1v) is 9.79. The predicted octanol–water partition coefficient (Wildman–Crippen LogP) is 4.10. The molecule has 0 aromatic heterocycles. The minimum atomic E-state index is -0.433. The van der Waals surface area contributed by atoms with E-state index < -0.39 is 5.91 Å². The number of rotatable bonds is 6. The van der Waals surface area contributed by atoms with Crippen molar-refractivity contribution in [2.75, 3.05) is 41.8 Å². The van der Waals surface area contributed by atoms with Crippen LogP contribution in [0.25, 0.3) is 0 Å². The highest BCUT2D eigenvalue weighted by atomic mass is 16.5. The molecule has 2 aromatic rings. The minimum absolute atomic E-state index is 0.0142. The average molecular weight is 390 g/mol. The summed E-state index contributed by atoms with van der Waals surface area (Å²) in [7, 11) is 0. The molecule has 0 radical (unpaired) electrons. The van der Waals surface area contributed by atoms with Crippen LogP contribution in [0.2, 0.25) is 0 Å². The van der Waals surface area contributed by atoms with Gasteiger partial charge in [-0.3, -0.25) is 4.79 Å². The minimum Gasteiger partial charge on any atom is -0.378 e. The Kier molecular flexibility index (Phi) is 6.88. The van der Waals surface area contributed by atoms with E-state index in [1.807, 2.05) is 54.6 Å². The molecule has 0 bridgehead atoms. The second kappa shape index (κ2) is 9.76. The van der Waals surface area contributed by atoms with E-state index in [1.54, 1.807) is 0 Å². The Morgan fingerprint density at radius 3 is 2.45 bits per heavy atom. The highest BCUT2D eigenvalue weighted by molar-refractivity contribution is 6.07. The number of anilines is 3. The van der Waals surface area contributed by atoms with Gasteiger partial charge in [-0.2, -0.15) is 5.26 Å². The third-order valence-electron chi connectivity index (χ3n) is 4.82. The van der Waals surface area contributed by atoms with Crippen LogP contribution in [0.4, 0.5) is 17.1 Å². The normalized spacial score (nSPS) is 14.4. The van der Waals surface area contributed by atoms with Crippen LogP contribution in [-0.2, 0) is 9.53 Å². The molecule has 0 saturated carbocycles. The first kappa shape index (κ1) is 20.4. The molecule has 150 valence electrons. The van der Waals surface area contributed by atoms with Crippen LogP contribution in [0, 0.1) is 11.3 Å². The number of nitriles is 1. The van der Waals surface area contributed by atoms with Gasteiger partial charge in [0, 0.05) is 25.0 Å². The van der Waals surface area contributed by atoms with Crippen LogP contribution >= 0.6 is 0 Å². The van der Waals surface area contributed by atoms with Crippen LogP contribution in [0.1, 0.15) is 25.3 Å². The summed E-state index contributed by atoms with van der Waals surface area (Å²) in [5.41, 5.74) is 3.64. The van der Waals surface area contributed by atoms with Crippen molar-refractivity contribution < 1.29 is 9.53 Å². The molecule has 1 amide bonds. The Labute approximate surface area is 171 Å². The van der Waals surface area contributed by atoms with Crippen molar-refractivity contribution in [2.24, 2.45) is 0 Å². The Morgan fingerprint density at radius 2 is 1.76 bits per heavy atom. The average Bonchev–Trinajstić information content (AvgIpc) is 2.75. The topological polar surface area (TPSA) is 77.4 Å². The largest absolute Gasteiger partial charge is 0.378 e. The second-order valence-corrected chi connectivity index (χ2v) is 7.13. The van der Waals surface area contributed by atoms with Crippen LogP contribution < -0.4 is 15.5 Å². The molecule has 0 aliphatic carbocycles. The number of nitrogens with one attached hydrogen (secondary N) is 2. The first-order valence-electron chi connectivity index (χ1n) is 9.79. The molecule has 0 spiro atoms. The van der Waals surface area contributed by atoms with Gasteiger partial charge in [0.1, 0.15) is 11.6 Å². The van der Waals surface area contributed by atoms with Gasteiger partial charge in [-0.25, -0.2) is 0 Å². The van der Waals surface area contributed by atoms with E-state index in [0.29, 0.717) is 13.2 Å². The van der Waals surface area contributed by atoms with Gasteiger partial charge in [0.2, 0.25) is 0 Å². The molecule has 1 fully saturated rings. The number of hydrogen-bond donors (Lipinski definition) is 2. The van der Waals surface area contributed by atoms with Gasteiger partial charge in [-0.1, -0.05) is 44.2 Å². The Hall–Kier alpha value is -3.30. The van der Waals surface area contributed by atoms with Crippen molar-refractivity contribution in [2.45, 2.75) is 19.8 Å². The number of benzene rings is 2. The van der Waals surface area contributed by atoms with E-state index in [2.05, 4.69) is 29.4 Å². The van der Waals surface area contributed by atoms with Crippen molar-refractivity contribution in [3.05, 3.63) is 65.9 Å². The van der Waals surface area contributed by atoms with E-state index in [9.17, 15) is 10.1 Å². The number of para-hydroxylation sites is 3. The van der Waals surface area contributed by atoms with E-state index in [-0.39, 0.29) is 11.5 Å². The molecule has 6 nitrogen and oxygen atoms in total. The fourth-order valence-electron chi connectivity index (χ4n) is 3.28. The Morgan fingerprint density at radius 1 is 1.10 bits per heavy atom. The van der Waals surface area contributed by atoms with Crippen LogP contribution in [0.15, 0.2) is 60.3 Å². The summed E-state index contributed by atoms with van der Waals surface area (Å²) in [5, 5.41) is 15.5. The molecular formula is C23H26N4O2. The summed E-state index contributed by atoms with van der Waals surface area (Å²) >= 11 is 0. The number of carbonyl (C=O) groups excluding carboxylic acids is 1. The molecule has 0 atom stereocenters. The maximum Gasteiger partial charge on any atom is 0.267 e. The van der Waals surface area contributed by atoms with Crippen LogP contribution in [0.5, 0.6) is 0 Å². The molecule has 6 heteroatoms. The van der Waals surface area contributed by atoms with Crippen molar-refractivity contribution in [3.63, 3.8) is 0 Å². The number of nitrogens with zero attached hydrogens (tertiary/aromatic N) is 2. The lowest BCUT2D eigenvalue weighted by molar-refractivity contribution is -0.112. The van der Waals surface area contributed by atoms with Crippen molar-refractivity contribution in [1.82, 2.24) is 0 Å². The SMILES string of the molecule is CC(C)c1ccccc1NC(=O)/C(C#N)=C\Nc1ccccc1N1CCOCC1. The fraction of sp³-hybridized carbons (Fsp3) is 0.304. The third kappa shape index (κ3) is 5.15. The van der Waals surface area contributed by atoms with Gasteiger partial charge < -0.3 is 20.3 Å². The summed E-state index contributed by atoms with van der Waals surface area (Å²) < 4.78 is 5.42. The third-order valence-corrected chi connectivity index (χ3v) is 4.82. The molecule has 2 N–H and O–H groups in total. The lowest BCUT2D eigenvalue weighted by Gasteiger charge is -2.30. The van der Waals surface area contributed by atoms with E-state index >= 15 is 0 Å². The number of amides is 1. The van der Waals surface area contributed by atoms with E-state index in [0.717, 1.165) is 35.7 Å². The monoisotopic (exact) mass is 390 g/mol. The molecule has 0 unspecified atom stereocenters. The highest BCUT2D eigenvalue weighted by Gasteiger charge is 2.16. The maximum atomic E-state index is 12.7. The lowest BCUT2D eigenvalue weighted by Crippen LogP contribution is -2.36. The van der Waals surface area contributed by atoms with Gasteiger partial charge in [0.05, 0.1) is 24.6 Å². The number of morpholine rings is 1. The van der Waals surface area contributed by atoms with Gasteiger partial charge in [-0.15, -0.1) is 0 Å². The van der Waals surface area contributed by atoms with Gasteiger partial charge >= 0.3 is 0 Å². The Bertz CT molecular complexity index is 924. The Balaban J connectivity index is 1.76. The number of carbonyl (C=O) groups is 1. The summed E-state index contributed by atoms with van der Waals surface area (Å²) in [5.74, 6) is -0.170. The maximum absolute atomic E-state index is 12.7. The van der Waals surface area contributed by atoms with Crippen molar-refractivity contribution >= 4 is 23.0 Å². The van der Waals surface area contributed by atoms with Gasteiger partial charge in [-0.05, 0) is 29.7 Å². The standard InChI is InChI=1S/C23H26N4O2/c1-17(2)19-7-3-4-8-20(19)26-23(28)18(15-24)16-25-21-9-5-6-10-22(21)27-11-13-29-14-12-27/h3-10,16-17,25H,11-14H2,1-2H3,(H,26,28)/b18-16-. The van der Waals surface area contributed by atoms with Gasteiger partial charge in [0.15, 0.2) is 0 Å². The van der Waals surface area contributed by atoms with Crippen LogP contribution in [0.3, 0.4) is 0 Å². The summed E-state index contributed by atoms with van der Waals surface area (Å²) in [6.45, 7) is 7.11. The summed E-state index contributed by atoms with van der Waals surface area (Å²) in [6.07, 6.45) is 1.46. The molecule has 3 rings (SSSR count). The zero-order valence-electron chi connectivity index (χ0n) is 16.8. The quantitative estimate of drug-likeness (QED) is 0.573. The lowest BCUT2D eigenvalue weighted by atomic mass is 10.0. The first-order chi connectivity index (χ1) is 14.1. The second-order valence-electron chi connectivity index (χ2n) is 7.13. The van der Waals surface area contributed by atoms with Gasteiger partial charge in [0.25, 0.3) is 5.91 Å². The molecule has 29 heavy (non-hydrogen) atoms. The molecular weight excluding hydrogens is 364 g/mol. The predicted molar refractivity (Wildman–Crippen MR) is 116 cm³/mol. The summed E-state index contributed by atoms with van der Waals surface area (Å²) in [4.78, 5) is 14.9. The smallest absolute Gasteiger partial charge is 0.267 e. The summed E-state index contributed by atoms with van der Waals surface area (Å²) in [6, 6.07) is 17.5. The molecule has 1 aliphatic heterocycles. The van der Waals surface area contributed by atoms with Crippen molar-refractivity contribution in [1.29, 1.82) is 5.26 Å². The molecule has 1 heterocycles. The molecule has 1 aliphatic rings. The number of ether oxygens (including phenoxy) is 1. The van der Waals surface area contributed by atoms with E-state index in [1.165, 1.54) is 6.20 Å².